The van der Waals surface area contributed by atoms with Gasteiger partial charge in [0.1, 0.15) is 0 Å². The quantitative estimate of drug-likeness (QED) is 0.691. The van der Waals surface area contributed by atoms with Crippen LogP contribution in [-0.4, -0.2) is 36.2 Å². The van der Waals surface area contributed by atoms with Crippen LogP contribution in [0.15, 0.2) is 4.99 Å². The first-order chi connectivity index (χ1) is 6.34. The van der Waals surface area contributed by atoms with Crippen molar-refractivity contribution in [2.24, 2.45) is 4.99 Å². The normalized spacial score (nSPS) is 33.6. The largest absolute Gasteiger partial charge is 0.381 e. The van der Waals surface area contributed by atoms with Crippen molar-refractivity contribution in [3.63, 3.8) is 0 Å². The summed E-state index contributed by atoms with van der Waals surface area (Å²) in [7, 11) is 0. The predicted molar refractivity (Wildman–Crippen MR) is 56.3 cm³/mol. The summed E-state index contributed by atoms with van der Waals surface area (Å²) in [4.78, 5) is 4.67. The van der Waals surface area contributed by atoms with Gasteiger partial charge >= 0.3 is 0 Å². The van der Waals surface area contributed by atoms with E-state index in [2.05, 4.69) is 17.2 Å². The molecular formula is C9H16N2OS. The van der Waals surface area contributed by atoms with Gasteiger partial charge in [0.2, 0.25) is 0 Å². The summed E-state index contributed by atoms with van der Waals surface area (Å²) in [5.41, 5.74) is 0. The van der Waals surface area contributed by atoms with Gasteiger partial charge in [0.05, 0.1) is 6.04 Å². The molecule has 74 valence electrons. The van der Waals surface area contributed by atoms with Gasteiger partial charge in [-0.1, -0.05) is 11.8 Å². The third-order valence-corrected chi connectivity index (χ3v) is 3.49. The molecule has 2 heterocycles. The van der Waals surface area contributed by atoms with Crippen LogP contribution >= 0.6 is 11.8 Å². The predicted octanol–water partition coefficient (Wildman–Crippen LogP) is 1.25. The van der Waals surface area contributed by atoms with E-state index < -0.39 is 0 Å². The molecule has 0 amide bonds. The Labute approximate surface area is 83.3 Å². The van der Waals surface area contributed by atoms with Gasteiger partial charge in [-0.25, -0.2) is 0 Å². The second-order valence-corrected chi connectivity index (χ2v) is 4.64. The Morgan fingerprint density at radius 3 is 2.85 bits per heavy atom. The molecule has 2 saturated heterocycles. The summed E-state index contributed by atoms with van der Waals surface area (Å²) in [5.74, 6) is 1.15. The smallest absolute Gasteiger partial charge is 0.157 e. The molecule has 2 rings (SSSR count). The molecule has 1 N–H and O–H groups in total. The average Bonchev–Trinajstić information content (AvgIpc) is 2.53. The Balaban J connectivity index is 1.87. The fourth-order valence-corrected chi connectivity index (χ4v) is 2.55. The average molecular weight is 200 g/mol. The van der Waals surface area contributed by atoms with E-state index in [4.69, 9.17) is 4.74 Å². The second-order valence-electron chi connectivity index (χ2n) is 3.63. The molecule has 0 radical (unpaired) electrons. The second kappa shape index (κ2) is 4.33. The Morgan fingerprint density at radius 2 is 2.23 bits per heavy atom. The van der Waals surface area contributed by atoms with Crippen LogP contribution in [0.2, 0.25) is 0 Å². The number of ether oxygens (including phenoxy) is 1. The number of rotatable bonds is 1. The van der Waals surface area contributed by atoms with Crippen LogP contribution in [0.4, 0.5) is 0 Å². The summed E-state index contributed by atoms with van der Waals surface area (Å²) in [6.45, 7) is 3.95. The lowest BCUT2D eigenvalue weighted by Gasteiger charge is -2.18. The van der Waals surface area contributed by atoms with Gasteiger partial charge in [-0.2, -0.15) is 0 Å². The van der Waals surface area contributed by atoms with Gasteiger partial charge in [-0.15, -0.1) is 0 Å². The molecule has 4 heteroatoms. The van der Waals surface area contributed by atoms with E-state index in [1.54, 1.807) is 0 Å². The third-order valence-electron chi connectivity index (χ3n) is 2.33. The first-order valence-electron chi connectivity index (χ1n) is 4.89. The summed E-state index contributed by atoms with van der Waals surface area (Å²) in [6, 6.07) is 1.08. The zero-order chi connectivity index (χ0) is 9.10. The number of hydrogen-bond donors (Lipinski definition) is 1. The highest BCUT2D eigenvalue weighted by atomic mass is 32.2. The summed E-state index contributed by atoms with van der Waals surface area (Å²) in [6.07, 6.45) is 2.17. The van der Waals surface area contributed by atoms with E-state index in [9.17, 15) is 0 Å². The van der Waals surface area contributed by atoms with Crippen molar-refractivity contribution in [1.29, 1.82) is 0 Å². The molecule has 0 aliphatic carbocycles. The molecule has 13 heavy (non-hydrogen) atoms. The SMILES string of the molecule is CC1CSC(=NC2CCOCC2)N1. The van der Waals surface area contributed by atoms with Gasteiger partial charge in [-0.3, -0.25) is 4.99 Å². The molecule has 1 unspecified atom stereocenters. The van der Waals surface area contributed by atoms with Crippen LogP contribution in [0.25, 0.3) is 0 Å². The number of amidine groups is 1. The maximum Gasteiger partial charge on any atom is 0.157 e. The number of thioether (sulfide) groups is 1. The highest BCUT2D eigenvalue weighted by Crippen LogP contribution is 2.17. The summed E-state index contributed by atoms with van der Waals surface area (Å²) in [5, 5.41) is 4.51. The van der Waals surface area contributed by atoms with Crippen molar-refractivity contribution in [3.05, 3.63) is 0 Å². The number of hydrogen-bond acceptors (Lipinski definition) is 3. The molecule has 0 saturated carbocycles. The lowest BCUT2D eigenvalue weighted by molar-refractivity contribution is 0.0871. The number of nitrogens with one attached hydrogen (secondary N) is 1. The van der Waals surface area contributed by atoms with E-state index in [-0.39, 0.29) is 0 Å². The number of nitrogens with zero attached hydrogens (tertiary/aromatic N) is 1. The van der Waals surface area contributed by atoms with Crippen LogP contribution in [0, 0.1) is 0 Å². The van der Waals surface area contributed by atoms with E-state index in [0.29, 0.717) is 12.1 Å². The van der Waals surface area contributed by atoms with Crippen molar-refractivity contribution in [2.75, 3.05) is 19.0 Å². The maximum atomic E-state index is 5.29. The van der Waals surface area contributed by atoms with Gasteiger partial charge in [0, 0.05) is 25.0 Å². The first-order valence-corrected chi connectivity index (χ1v) is 5.88. The molecule has 0 aromatic rings. The highest BCUT2D eigenvalue weighted by Gasteiger charge is 2.18. The Bertz CT molecular complexity index is 202. The zero-order valence-corrected chi connectivity index (χ0v) is 8.77. The van der Waals surface area contributed by atoms with E-state index in [1.807, 2.05) is 11.8 Å². The van der Waals surface area contributed by atoms with Gasteiger partial charge in [0.25, 0.3) is 0 Å². The molecule has 2 aliphatic rings. The van der Waals surface area contributed by atoms with Crippen molar-refractivity contribution >= 4 is 16.9 Å². The monoisotopic (exact) mass is 200 g/mol. The lowest BCUT2D eigenvalue weighted by atomic mass is 10.1. The van der Waals surface area contributed by atoms with Gasteiger partial charge < -0.3 is 10.1 Å². The molecule has 0 spiro atoms. The maximum absolute atomic E-state index is 5.29. The Morgan fingerprint density at radius 1 is 1.46 bits per heavy atom. The minimum absolute atomic E-state index is 0.494. The highest BCUT2D eigenvalue weighted by molar-refractivity contribution is 8.14. The van der Waals surface area contributed by atoms with Gasteiger partial charge in [0.15, 0.2) is 5.17 Å². The lowest BCUT2D eigenvalue weighted by Crippen LogP contribution is -2.26. The molecule has 0 bridgehead atoms. The van der Waals surface area contributed by atoms with Crippen LogP contribution in [0.5, 0.6) is 0 Å². The Kier molecular flexibility index (Phi) is 3.11. The molecule has 3 nitrogen and oxygen atoms in total. The van der Waals surface area contributed by atoms with Crippen molar-refractivity contribution < 1.29 is 4.74 Å². The van der Waals surface area contributed by atoms with E-state index in [0.717, 1.165) is 37.0 Å². The fourth-order valence-electron chi connectivity index (χ4n) is 1.55. The van der Waals surface area contributed by atoms with Crippen LogP contribution in [-0.2, 0) is 4.74 Å². The standard InChI is InChI=1S/C9H16N2OS/c1-7-6-13-9(10-7)11-8-2-4-12-5-3-8/h7-8H,2-6H2,1H3,(H,10,11). The fraction of sp³-hybridized carbons (Fsp3) is 0.889. The molecule has 0 aromatic heterocycles. The van der Waals surface area contributed by atoms with Crippen LogP contribution in [0.3, 0.4) is 0 Å². The van der Waals surface area contributed by atoms with E-state index in [1.165, 1.54) is 0 Å². The topological polar surface area (TPSA) is 33.6 Å². The minimum atomic E-state index is 0.494. The van der Waals surface area contributed by atoms with Gasteiger partial charge in [-0.05, 0) is 19.8 Å². The third kappa shape index (κ3) is 2.61. The molecule has 2 fully saturated rings. The molecule has 0 aromatic carbocycles. The summed E-state index contributed by atoms with van der Waals surface area (Å²) < 4.78 is 5.29. The van der Waals surface area contributed by atoms with E-state index >= 15 is 0 Å². The van der Waals surface area contributed by atoms with Crippen LogP contribution in [0.1, 0.15) is 19.8 Å². The molecular weight excluding hydrogens is 184 g/mol. The minimum Gasteiger partial charge on any atom is -0.381 e. The molecule has 1 atom stereocenters. The first kappa shape index (κ1) is 9.34. The van der Waals surface area contributed by atoms with Crippen molar-refractivity contribution in [3.8, 4) is 0 Å². The van der Waals surface area contributed by atoms with Crippen molar-refractivity contribution in [2.45, 2.75) is 31.8 Å². The molecule has 2 aliphatic heterocycles. The van der Waals surface area contributed by atoms with Crippen LogP contribution < -0.4 is 5.32 Å². The summed E-state index contributed by atoms with van der Waals surface area (Å²) >= 11 is 1.84. The van der Waals surface area contributed by atoms with Crippen molar-refractivity contribution in [1.82, 2.24) is 5.32 Å². The zero-order valence-electron chi connectivity index (χ0n) is 7.95. The number of aliphatic imine (C=N–C) groups is 1. The Hall–Kier alpha value is -0.220.